The fourth-order valence-corrected chi connectivity index (χ4v) is 11.5. The first kappa shape index (κ1) is 26.6. The summed E-state index contributed by atoms with van der Waals surface area (Å²) in [5.74, 6) is 8.63. The fourth-order valence-electron chi connectivity index (χ4n) is 11.5. The molecule has 0 radical (unpaired) electrons. The van der Waals surface area contributed by atoms with Crippen LogP contribution < -0.4 is 0 Å². The summed E-state index contributed by atoms with van der Waals surface area (Å²) in [4.78, 5) is 0. The van der Waals surface area contributed by atoms with E-state index in [4.69, 9.17) is 0 Å². The summed E-state index contributed by atoms with van der Waals surface area (Å²) in [6, 6.07) is 0. The fraction of sp³-hybridized carbons (Fsp3) is 1.00. The molecule has 0 heteroatoms. The van der Waals surface area contributed by atoms with Crippen LogP contribution in [0.1, 0.15) is 168 Å². The molecule has 202 valence electrons. The quantitative estimate of drug-likeness (QED) is 0.302. The summed E-state index contributed by atoms with van der Waals surface area (Å²) < 4.78 is 0. The number of rotatable bonds is 8. The highest BCUT2D eigenvalue weighted by Gasteiger charge is 2.58. The second-order valence-electron chi connectivity index (χ2n) is 14.7. The zero-order valence-electron chi connectivity index (χ0n) is 24.1. The van der Waals surface area contributed by atoms with Gasteiger partial charge in [0.25, 0.3) is 0 Å². The first-order valence-corrected chi connectivity index (χ1v) is 17.2. The van der Waals surface area contributed by atoms with E-state index in [1.165, 1.54) is 44.9 Å². The van der Waals surface area contributed by atoms with E-state index in [2.05, 4.69) is 13.8 Å². The monoisotopic (exact) mass is 482 g/mol. The Kier molecular flexibility index (Phi) is 9.65. The highest BCUT2D eigenvalue weighted by atomic mass is 14.6. The molecule has 5 fully saturated rings. The van der Waals surface area contributed by atoms with Crippen LogP contribution in [0.5, 0.6) is 0 Å². The largest absolute Gasteiger partial charge is 0.0654 e. The molecule has 0 aromatic carbocycles. The van der Waals surface area contributed by atoms with Crippen molar-refractivity contribution in [2.75, 3.05) is 0 Å². The number of hydrogen-bond donors (Lipinski definition) is 0. The standard InChI is InChI=1S/C35H62/c1-3-4-5-15-24-33-31(28-19-11-7-12-20-28)26-32-30(27-17-9-6-10-18-27)23-16-25-34(32)35(33,2)29-21-13-8-14-22-29/h27-34H,3-26H2,1-2H3. The van der Waals surface area contributed by atoms with Gasteiger partial charge in [-0.2, -0.15) is 0 Å². The molecule has 0 N–H and O–H groups in total. The number of fused-ring (bicyclic) bond motifs is 1. The van der Waals surface area contributed by atoms with Gasteiger partial charge in [0.2, 0.25) is 0 Å². The third kappa shape index (κ3) is 5.72. The Morgan fingerprint density at radius 2 is 1.14 bits per heavy atom. The smallest absolute Gasteiger partial charge is 0.0235 e. The van der Waals surface area contributed by atoms with E-state index in [1.807, 2.05) is 0 Å². The minimum Gasteiger partial charge on any atom is -0.0654 e. The van der Waals surface area contributed by atoms with Gasteiger partial charge in [-0.05, 0) is 91.3 Å². The Bertz CT molecular complexity index is 604. The van der Waals surface area contributed by atoms with Crippen LogP contribution in [0.3, 0.4) is 0 Å². The van der Waals surface area contributed by atoms with Crippen LogP contribution in [-0.4, -0.2) is 0 Å². The first-order chi connectivity index (χ1) is 17.2. The van der Waals surface area contributed by atoms with Gasteiger partial charge in [0, 0.05) is 0 Å². The molecule has 6 atom stereocenters. The van der Waals surface area contributed by atoms with E-state index in [1.54, 1.807) is 109 Å². The molecule has 0 aromatic rings. The minimum atomic E-state index is 0.658. The molecule has 0 aromatic heterocycles. The lowest BCUT2D eigenvalue weighted by Gasteiger charge is -2.64. The molecule has 0 bridgehead atoms. The third-order valence-corrected chi connectivity index (χ3v) is 13.1. The summed E-state index contributed by atoms with van der Waals surface area (Å²) in [5.41, 5.74) is 0.658. The van der Waals surface area contributed by atoms with Gasteiger partial charge in [-0.25, -0.2) is 0 Å². The average molecular weight is 483 g/mol. The zero-order chi connectivity index (χ0) is 24.1. The highest BCUT2D eigenvalue weighted by Crippen LogP contribution is 2.66. The zero-order valence-corrected chi connectivity index (χ0v) is 24.1. The van der Waals surface area contributed by atoms with Crippen LogP contribution in [0.4, 0.5) is 0 Å². The van der Waals surface area contributed by atoms with Crippen LogP contribution in [0.15, 0.2) is 0 Å². The van der Waals surface area contributed by atoms with Crippen molar-refractivity contribution < 1.29 is 0 Å². The Morgan fingerprint density at radius 3 is 1.77 bits per heavy atom. The molecular weight excluding hydrogens is 420 g/mol. The van der Waals surface area contributed by atoms with E-state index in [0.717, 1.165) is 47.3 Å². The molecule has 0 nitrogen and oxygen atoms in total. The molecule has 0 heterocycles. The molecule has 0 amide bonds. The maximum Gasteiger partial charge on any atom is -0.0235 e. The van der Waals surface area contributed by atoms with Crippen LogP contribution in [0.25, 0.3) is 0 Å². The average Bonchev–Trinajstić information content (AvgIpc) is 2.93. The number of unbranched alkanes of at least 4 members (excludes halogenated alkanes) is 3. The molecule has 5 saturated carbocycles. The molecule has 0 aliphatic heterocycles. The van der Waals surface area contributed by atoms with Gasteiger partial charge in [-0.3, -0.25) is 0 Å². The second-order valence-corrected chi connectivity index (χ2v) is 14.7. The van der Waals surface area contributed by atoms with Crippen LogP contribution >= 0.6 is 0 Å². The maximum absolute atomic E-state index is 2.95. The lowest BCUT2D eigenvalue weighted by Crippen LogP contribution is -2.57. The van der Waals surface area contributed by atoms with Crippen molar-refractivity contribution in [1.29, 1.82) is 0 Å². The minimum absolute atomic E-state index is 0.658. The molecule has 6 unspecified atom stereocenters. The van der Waals surface area contributed by atoms with E-state index in [9.17, 15) is 0 Å². The van der Waals surface area contributed by atoms with Crippen LogP contribution in [-0.2, 0) is 0 Å². The van der Waals surface area contributed by atoms with Crippen molar-refractivity contribution in [2.24, 2.45) is 52.8 Å². The lowest BCUT2D eigenvalue weighted by atomic mass is 9.41. The number of hydrogen-bond acceptors (Lipinski definition) is 0. The van der Waals surface area contributed by atoms with Crippen LogP contribution in [0, 0.1) is 52.8 Å². The van der Waals surface area contributed by atoms with Crippen molar-refractivity contribution in [1.82, 2.24) is 0 Å². The summed E-state index contributed by atoms with van der Waals surface area (Å²) in [7, 11) is 0. The maximum atomic E-state index is 2.95. The van der Waals surface area contributed by atoms with Gasteiger partial charge in [0.15, 0.2) is 0 Å². The van der Waals surface area contributed by atoms with Gasteiger partial charge < -0.3 is 0 Å². The SMILES string of the molecule is CCCCCCC1C(C2CCCCC2)CC2C(C3CCCCC3)CCCC2C1(C)C1CCCCC1. The topological polar surface area (TPSA) is 0 Å². The van der Waals surface area contributed by atoms with Crippen molar-refractivity contribution >= 4 is 0 Å². The van der Waals surface area contributed by atoms with Gasteiger partial charge in [-0.1, -0.05) is 129 Å². The summed E-state index contributed by atoms with van der Waals surface area (Å²) in [6.07, 6.45) is 37.3. The molecule has 0 saturated heterocycles. The van der Waals surface area contributed by atoms with Gasteiger partial charge in [0.1, 0.15) is 0 Å². The molecule has 5 aliphatic rings. The Balaban J connectivity index is 1.47. The van der Waals surface area contributed by atoms with Crippen molar-refractivity contribution in [3.8, 4) is 0 Å². The molecule has 5 aliphatic carbocycles. The van der Waals surface area contributed by atoms with Gasteiger partial charge in [-0.15, -0.1) is 0 Å². The van der Waals surface area contributed by atoms with E-state index in [0.29, 0.717) is 5.41 Å². The normalized spacial score (nSPS) is 40.5. The summed E-state index contributed by atoms with van der Waals surface area (Å²) in [6.45, 7) is 5.35. The van der Waals surface area contributed by atoms with Crippen molar-refractivity contribution in [3.63, 3.8) is 0 Å². The molecule has 35 heavy (non-hydrogen) atoms. The predicted octanol–water partition coefficient (Wildman–Crippen LogP) is 11.4. The third-order valence-electron chi connectivity index (χ3n) is 13.1. The Hall–Kier alpha value is 0. The van der Waals surface area contributed by atoms with E-state index in [-0.39, 0.29) is 0 Å². The second kappa shape index (κ2) is 12.7. The summed E-state index contributed by atoms with van der Waals surface area (Å²) in [5, 5.41) is 0. The first-order valence-electron chi connectivity index (χ1n) is 17.2. The molecule has 5 rings (SSSR count). The van der Waals surface area contributed by atoms with Gasteiger partial charge in [0.05, 0.1) is 0 Å². The van der Waals surface area contributed by atoms with E-state index < -0.39 is 0 Å². The molecular formula is C35H62. The lowest BCUT2D eigenvalue weighted by molar-refractivity contribution is -0.149. The van der Waals surface area contributed by atoms with Crippen molar-refractivity contribution in [3.05, 3.63) is 0 Å². The Morgan fingerprint density at radius 1 is 0.543 bits per heavy atom. The van der Waals surface area contributed by atoms with Crippen LogP contribution in [0.2, 0.25) is 0 Å². The van der Waals surface area contributed by atoms with Gasteiger partial charge >= 0.3 is 0 Å². The van der Waals surface area contributed by atoms with E-state index >= 15 is 0 Å². The summed E-state index contributed by atoms with van der Waals surface area (Å²) >= 11 is 0. The highest BCUT2D eigenvalue weighted by molar-refractivity contribution is 5.07. The molecule has 0 spiro atoms. The van der Waals surface area contributed by atoms with Crippen molar-refractivity contribution in [2.45, 2.75) is 168 Å². The predicted molar refractivity (Wildman–Crippen MR) is 153 cm³/mol. The Labute approximate surface area is 220 Å².